The highest BCUT2D eigenvalue weighted by atomic mass is 32.2. The van der Waals surface area contributed by atoms with Crippen LogP contribution in [0.15, 0.2) is 35.3 Å². The smallest absolute Gasteiger partial charge is 0.413 e. The van der Waals surface area contributed by atoms with E-state index in [-0.39, 0.29) is 29.8 Å². The van der Waals surface area contributed by atoms with E-state index in [1.165, 1.54) is 0 Å². The van der Waals surface area contributed by atoms with Gasteiger partial charge in [0.1, 0.15) is 12.1 Å². The average molecular weight is 532 g/mol. The first-order chi connectivity index (χ1) is 17.6. The fraction of sp³-hybridized carbons (Fsp3) is 0.630. The number of carbonyl (C=O) groups excluding carboxylic acids is 2. The first-order valence-corrected chi connectivity index (χ1v) is 13.9. The Balaban J connectivity index is 2.15. The van der Waals surface area contributed by atoms with Crippen LogP contribution in [0.3, 0.4) is 0 Å². The maximum Gasteiger partial charge on any atom is 0.413 e. The Labute approximate surface area is 225 Å². The van der Waals surface area contributed by atoms with Crippen molar-refractivity contribution >= 4 is 29.7 Å². The van der Waals surface area contributed by atoms with Gasteiger partial charge in [-0.05, 0) is 23.3 Å². The van der Waals surface area contributed by atoms with E-state index < -0.39 is 18.2 Å². The Morgan fingerprint density at radius 1 is 1.22 bits per heavy atom. The van der Waals surface area contributed by atoms with E-state index in [1.54, 1.807) is 11.8 Å². The van der Waals surface area contributed by atoms with Crippen molar-refractivity contribution < 1.29 is 19.1 Å². The predicted octanol–water partition coefficient (Wildman–Crippen LogP) is 3.80. The standard InChI is InChI=1S/C27H41N5O4S/c1-20(2)17-36-26(34)31-25(32-11-13-35-14-12-32)30-23(15-27(3,4)5)24(33)29-22(16-28)19-37-18-21-9-7-6-8-10-21/h6-10,20,22-23H,11-15,17-19H2,1-5H3,(H,29,33)(H,30,31,34)/t22-,23+/m1/s1. The lowest BCUT2D eigenvalue weighted by Crippen LogP contribution is -2.51. The van der Waals surface area contributed by atoms with Crippen molar-refractivity contribution in [2.75, 3.05) is 38.7 Å². The van der Waals surface area contributed by atoms with Gasteiger partial charge >= 0.3 is 6.09 Å². The van der Waals surface area contributed by atoms with Crippen LogP contribution >= 0.6 is 11.8 Å². The monoisotopic (exact) mass is 531 g/mol. The summed E-state index contributed by atoms with van der Waals surface area (Å²) < 4.78 is 10.7. The highest BCUT2D eigenvalue weighted by Crippen LogP contribution is 2.23. The molecule has 1 fully saturated rings. The molecule has 2 N–H and O–H groups in total. The topological polar surface area (TPSA) is 116 Å². The summed E-state index contributed by atoms with van der Waals surface area (Å²) in [6.45, 7) is 12.3. The van der Waals surface area contributed by atoms with Gasteiger partial charge in [0.05, 0.1) is 25.9 Å². The van der Waals surface area contributed by atoms with Crippen LogP contribution in [0, 0.1) is 22.7 Å². The molecule has 1 aromatic rings. The molecule has 0 saturated carbocycles. The SMILES string of the molecule is CC(C)COC(=O)NC(=N[C@@H](CC(C)(C)C)C(=O)N[C@H](C#N)CSCc1ccccc1)N1CCOCC1. The Morgan fingerprint density at radius 3 is 2.49 bits per heavy atom. The van der Waals surface area contributed by atoms with E-state index in [0.29, 0.717) is 38.5 Å². The van der Waals surface area contributed by atoms with E-state index in [0.717, 1.165) is 11.3 Å². The number of aliphatic imine (C=N–C) groups is 1. The lowest BCUT2D eigenvalue weighted by molar-refractivity contribution is -0.123. The number of alkyl carbamates (subject to hydrolysis) is 1. The lowest BCUT2D eigenvalue weighted by atomic mass is 9.88. The number of benzene rings is 1. The number of guanidine groups is 1. The summed E-state index contributed by atoms with van der Waals surface area (Å²) in [5, 5.41) is 15.3. The number of nitrogens with one attached hydrogen (secondary N) is 2. The molecule has 10 heteroatoms. The number of hydrogen-bond acceptors (Lipinski definition) is 7. The van der Waals surface area contributed by atoms with Crippen molar-refractivity contribution in [3.05, 3.63) is 35.9 Å². The van der Waals surface area contributed by atoms with Gasteiger partial charge in [-0.3, -0.25) is 10.1 Å². The van der Waals surface area contributed by atoms with E-state index >= 15 is 0 Å². The van der Waals surface area contributed by atoms with Crippen LogP contribution in [-0.2, 0) is 20.0 Å². The number of morpholine rings is 1. The fourth-order valence-electron chi connectivity index (χ4n) is 3.51. The largest absolute Gasteiger partial charge is 0.449 e. The second-order valence-electron chi connectivity index (χ2n) is 10.6. The Hall–Kier alpha value is -2.77. The minimum atomic E-state index is -0.793. The van der Waals surface area contributed by atoms with Crippen molar-refractivity contribution in [1.82, 2.24) is 15.5 Å². The normalized spacial score (nSPS) is 16.0. The summed E-state index contributed by atoms with van der Waals surface area (Å²) in [6, 6.07) is 10.7. The average Bonchev–Trinajstić information content (AvgIpc) is 2.86. The van der Waals surface area contributed by atoms with Crippen LogP contribution in [0.1, 0.15) is 46.6 Å². The zero-order valence-electron chi connectivity index (χ0n) is 22.7. The third-order valence-corrected chi connectivity index (χ3v) is 6.43. The molecule has 2 atom stereocenters. The quantitative estimate of drug-likeness (QED) is 0.348. The summed E-state index contributed by atoms with van der Waals surface area (Å²) in [4.78, 5) is 32.5. The molecule has 0 bridgehead atoms. The number of nitriles is 1. The summed E-state index contributed by atoms with van der Waals surface area (Å²) in [5.41, 5.74) is 0.945. The van der Waals surface area contributed by atoms with Gasteiger partial charge in [-0.25, -0.2) is 9.79 Å². The lowest BCUT2D eigenvalue weighted by Gasteiger charge is -2.31. The zero-order chi connectivity index (χ0) is 27.3. The molecular formula is C27H41N5O4S. The minimum absolute atomic E-state index is 0.191. The fourth-order valence-corrected chi connectivity index (χ4v) is 4.45. The molecule has 0 spiro atoms. The van der Waals surface area contributed by atoms with E-state index in [4.69, 9.17) is 14.5 Å². The summed E-state index contributed by atoms with van der Waals surface area (Å²) in [6.07, 6.45) is -0.175. The molecule has 37 heavy (non-hydrogen) atoms. The number of thioether (sulfide) groups is 1. The van der Waals surface area contributed by atoms with Gasteiger partial charge in [-0.15, -0.1) is 0 Å². The van der Waals surface area contributed by atoms with E-state index in [9.17, 15) is 14.9 Å². The molecule has 0 aliphatic carbocycles. The molecule has 9 nitrogen and oxygen atoms in total. The van der Waals surface area contributed by atoms with Gasteiger partial charge in [0, 0.05) is 24.6 Å². The number of hydrogen-bond donors (Lipinski definition) is 2. The van der Waals surface area contributed by atoms with Gasteiger partial charge in [-0.2, -0.15) is 17.0 Å². The number of carbonyl (C=O) groups is 2. The van der Waals surface area contributed by atoms with Gasteiger partial charge in [0.2, 0.25) is 11.9 Å². The van der Waals surface area contributed by atoms with Gasteiger partial charge < -0.3 is 19.7 Å². The molecule has 1 saturated heterocycles. The molecule has 1 aromatic carbocycles. The van der Waals surface area contributed by atoms with Crippen LogP contribution in [0.4, 0.5) is 4.79 Å². The molecule has 1 aliphatic heterocycles. The summed E-state index contributed by atoms with van der Waals surface area (Å²) in [5.74, 6) is 1.34. The van der Waals surface area contributed by atoms with Crippen molar-refractivity contribution in [2.24, 2.45) is 16.3 Å². The van der Waals surface area contributed by atoms with Gasteiger partial charge in [-0.1, -0.05) is 65.0 Å². The van der Waals surface area contributed by atoms with Crippen LogP contribution < -0.4 is 10.6 Å². The van der Waals surface area contributed by atoms with E-state index in [1.807, 2.05) is 69.9 Å². The maximum atomic E-state index is 13.4. The second-order valence-corrected chi connectivity index (χ2v) is 11.7. The van der Waals surface area contributed by atoms with Crippen molar-refractivity contribution in [3.63, 3.8) is 0 Å². The van der Waals surface area contributed by atoms with Crippen LogP contribution in [-0.4, -0.2) is 73.6 Å². The molecule has 0 unspecified atom stereocenters. The van der Waals surface area contributed by atoms with Gasteiger partial charge in [0.25, 0.3) is 0 Å². The maximum absolute atomic E-state index is 13.4. The molecular weight excluding hydrogens is 490 g/mol. The Morgan fingerprint density at radius 2 is 1.89 bits per heavy atom. The van der Waals surface area contributed by atoms with Crippen LogP contribution in [0.5, 0.6) is 0 Å². The van der Waals surface area contributed by atoms with Crippen molar-refractivity contribution in [2.45, 2.75) is 58.9 Å². The minimum Gasteiger partial charge on any atom is -0.449 e. The molecule has 1 heterocycles. The molecule has 2 amide bonds. The number of rotatable bonds is 10. The molecule has 0 aromatic heterocycles. The third-order valence-electron chi connectivity index (χ3n) is 5.33. The molecule has 1 aliphatic rings. The zero-order valence-corrected chi connectivity index (χ0v) is 23.5. The number of ether oxygens (including phenoxy) is 2. The highest BCUT2D eigenvalue weighted by Gasteiger charge is 2.29. The van der Waals surface area contributed by atoms with Crippen LogP contribution in [0.2, 0.25) is 0 Å². The van der Waals surface area contributed by atoms with Crippen molar-refractivity contribution in [1.29, 1.82) is 5.26 Å². The molecule has 2 rings (SSSR count). The second kappa shape index (κ2) is 15.5. The molecule has 0 radical (unpaired) electrons. The molecule has 204 valence electrons. The van der Waals surface area contributed by atoms with Gasteiger partial charge in [0.15, 0.2) is 0 Å². The predicted molar refractivity (Wildman–Crippen MR) is 147 cm³/mol. The highest BCUT2D eigenvalue weighted by molar-refractivity contribution is 7.98. The Bertz CT molecular complexity index is 921. The summed E-state index contributed by atoms with van der Waals surface area (Å²) in [7, 11) is 0. The summed E-state index contributed by atoms with van der Waals surface area (Å²) >= 11 is 1.59. The number of amides is 2. The number of nitrogens with zero attached hydrogens (tertiary/aromatic N) is 3. The van der Waals surface area contributed by atoms with Crippen molar-refractivity contribution in [3.8, 4) is 6.07 Å². The third kappa shape index (κ3) is 12.3. The first kappa shape index (κ1) is 30.5. The van der Waals surface area contributed by atoms with Crippen LogP contribution in [0.25, 0.3) is 0 Å². The first-order valence-electron chi connectivity index (χ1n) is 12.7. The van der Waals surface area contributed by atoms with E-state index in [2.05, 4.69) is 16.7 Å². The Kier molecular flexibility index (Phi) is 12.7.